The predicted octanol–water partition coefficient (Wildman–Crippen LogP) is 3.77. The molecule has 24 heavy (non-hydrogen) atoms. The van der Waals surface area contributed by atoms with Gasteiger partial charge in [0.15, 0.2) is 0 Å². The maximum absolute atomic E-state index is 3.75. The fourth-order valence-corrected chi connectivity index (χ4v) is 6.43. The summed E-state index contributed by atoms with van der Waals surface area (Å²) in [5.41, 5.74) is 0. The summed E-state index contributed by atoms with van der Waals surface area (Å²) in [6.07, 6.45) is 5.08. The fourth-order valence-electron chi connectivity index (χ4n) is 3.75. The Hall–Kier alpha value is -1.79. The van der Waals surface area contributed by atoms with Gasteiger partial charge in [-0.2, -0.15) is 0 Å². The smallest absolute Gasteiger partial charge is 0.106 e. The Bertz CT molecular complexity index is 657. The summed E-state index contributed by atoms with van der Waals surface area (Å²) in [5.74, 6) is 1.44. The summed E-state index contributed by atoms with van der Waals surface area (Å²) >= 11 is 0. The van der Waals surface area contributed by atoms with Crippen LogP contribution in [0, 0.1) is 0 Å². The predicted molar refractivity (Wildman–Crippen MR) is 104 cm³/mol. The first-order chi connectivity index (χ1) is 11.9. The maximum atomic E-state index is 3.75. The van der Waals surface area contributed by atoms with Crippen LogP contribution in [0.2, 0.25) is 0 Å². The number of hydrogen-bond donors (Lipinski definition) is 1. The highest BCUT2D eigenvalue weighted by molar-refractivity contribution is 7.76. The van der Waals surface area contributed by atoms with Gasteiger partial charge in [0.05, 0.1) is 0 Å². The first-order valence-electron chi connectivity index (χ1n) is 9.06. The third kappa shape index (κ3) is 3.21. The minimum atomic E-state index is -0.454. The molecule has 3 heteroatoms. The van der Waals surface area contributed by atoms with Crippen molar-refractivity contribution in [2.45, 2.75) is 25.7 Å². The van der Waals surface area contributed by atoms with Crippen molar-refractivity contribution in [1.29, 1.82) is 0 Å². The number of nitrogens with zero attached hydrogens (tertiary/aromatic N) is 1. The molecule has 2 aliphatic heterocycles. The number of hydrogen-bond acceptors (Lipinski definition) is 2. The zero-order valence-electron chi connectivity index (χ0n) is 14.1. The SMILES string of the molecule is c1ccc(P(C2=C3NCCCN3CCCC2)c2ccccc2)cc1. The van der Waals surface area contributed by atoms with Gasteiger partial charge in [0.25, 0.3) is 0 Å². The molecule has 124 valence electrons. The summed E-state index contributed by atoms with van der Waals surface area (Å²) in [7, 11) is -0.454. The first-order valence-corrected chi connectivity index (χ1v) is 10.4. The average molecular weight is 336 g/mol. The Labute approximate surface area is 146 Å². The van der Waals surface area contributed by atoms with Crippen molar-refractivity contribution < 1.29 is 0 Å². The Morgan fingerprint density at radius 2 is 1.38 bits per heavy atom. The fraction of sp³-hybridized carbons (Fsp3) is 0.333. The highest BCUT2D eigenvalue weighted by Gasteiger charge is 2.27. The Morgan fingerprint density at radius 1 is 0.750 bits per heavy atom. The van der Waals surface area contributed by atoms with Crippen LogP contribution < -0.4 is 15.9 Å². The standard InChI is InChI=1S/C21H25N2P/c1-3-10-18(11-4-1)24(19-12-5-2-6-13-19)20-14-7-8-16-23-17-9-15-22-21(20)23/h1-6,10-13,22H,7-9,14-17H2. The van der Waals surface area contributed by atoms with Gasteiger partial charge >= 0.3 is 0 Å². The van der Waals surface area contributed by atoms with Crippen molar-refractivity contribution >= 4 is 18.5 Å². The topological polar surface area (TPSA) is 15.3 Å². The van der Waals surface area contributed by atoms with Crippen LogP contribution in [-0.2, 0) is 0 Å². The van der Waals surface area contributed by atoms with Gasteiger partial charge in [-0.1, -0.05) is 60.7 Å². The van der Waals surface area contributed by atoms with Crippen LogP contribution in [-0.4, -0.2) is 24.5 Å². The molecule has 1 N–H and O–H groups in total. The van der Waals surface area contributed by atoms with Gasteiger partial charge < -0.3 is 10.2 Å². The molecule has 2 nitrogen and oxygen atoms in total. The quantitative estimate of drug-likeness (QED) is 0.859. The van der Waals surface area contributed by atoms with Crippen molar-refractivity contribution in [2.24, 2.45) is 0 Å². The van der Waals surface area contributed by atoms with Crippen LogP contribution in [0.5, 0.6) is 0 Å². The van der Waals surface area contributed by atoms with E-state index >= 15 is 0 Å². The highest BCUT2D eigenvalue weighted by Crippen LogP contribution is 2.48. The summed E-state index contributed by atoms with van der Waals surface area (Å²) in [4.78, 5) is 2.60. The zero-order chi connectivity index (χ0) is 16.2. The lowest BCUT2D eigenvalue weighted by molar-refractivity contribution is 0.282. The molecule has 0 aliphatic carbocycles. The van der Waals surface area contributed by atoms with Gasteiger partial charge in [-0.3, -0.25) is 0 Å². The van der Waals surface area contributed by atoms with Gasteiger partial charge in [0, 0.05) is 24.9 Å². The Kier molecular flexibility index (Phi) is 4.85. The molecule has 2 aromatic rings. The van der Waals surface area contributed by atoms with Crippen molar-refractivity contribution in [1.82, 2.24) is 10.2 Å². The monoisotopic (exact) mass is 336 g/mol. The Morgan fingerprint density at radius 3 is 2.04 bits per heavy atom. The number of allylic oxidation sites excluding steroid dienone is 1. The summed E-state index contributed by atoms with van der Waals surface area (Å²) in [6, 6.07) is 22.2. The van der Waals surface area contributed by atoms with E-state index in [4.69, 9.17) is 0 Å². The van der Waals surface area contributed by atoms with E-state index in [1.165, 1.54) is 55.2 Å². The zero-order valence-corrected chi connectivity index (χ0v) is 15.0. The van der Waals surface area contributed by atoms with E-state index in [-0.39, 0.29) is 0 Å². The molecule has 0 unspecified atom stereocenters. The Balaban J connectivity index is 1.84. The molecular weight excluding hydrogens is 311 g/mol. The third-order valence-corrected chi connectivity index (χ3v) is 7.48. The lowest BCUT2D eigenvalue weighted by Gasteiger charge is -2.35. The van der Waals surface area contributed by atoms with Crippen molar-refractivity contribution in [3.8, 4) is 0 Å². The number of rotatable bonds is 3. The number of benzene rings is 2. The van der Waals surface area contributed by atoms with Crippen LogP contribution in [0.15, 0.2) is 71.8 Å². The summed E-state index contributed by atoms with van der Waals surface area (Å²) in [5, 5.41) is 8.33. The van der Waals surface area contributed by atoms with Crippen molar-refractivity contribution in [3.63, 3.8) is 0 Å². The van der Waals surface area contributed by atoms with E-state index in [1.54, 1.807) is 5.31 Å². The molecule has 2 aromatic carbocycles. The van der Waals surface area contributed by atoms with E-state index in [0.717, 1.165) is 6.54 Å². The van der Waals surface area contributed by atoms with Crippen LogP contribution in [0.3, 0.4) is 0 Å². The van der Waals surface area contributed by atoms with Crippen LogP contribution in [0.1, 0.15) is 25.7 Å². The molecule has 0 radical (unpaired) electrons. The minimum absolute atomic E-state index is 0.454. The second-order valence-corrected chi connectivity index (χ2v) is 8.77. The van der Waals surface area contributed by atoms with Gasteiger partial charge in [0.2, 0.25) is 0 Å². The molecule has 2 heterocycles. The average Bonchev–Trinajstić information content (AvgIpc) is 2.87. The van der Waals surface area contributed by atoms with Gasteiger partial charge in [-0.15, -0.1) is 0 Å². The van der Waals surface area contributed by atoms with Crippen LogP contribution in [0.4, 0.5) is 0 Å². The van der Waals surface area contributed by atoms with E-state index < -0.39 is 7.92 Å². The van der Waals surface area contributed by atoms with Crippen molar-refractivity contribution in [3.05, 3.63) is 71.8 Å². The molecule has 2 aliphatic rings. The van der Waals surface area contributed by atoms with Gasteiger partial charge in [-0.25, -0.2) is 0 Å². The molecule has 0 saturated carbocycles. The lowest BCUT2D eigenvalue weighted by Crippen LogP contribution is -2.40. The highest BCUT2D eigenvalue weighted by atomic mass is 31.1. The molecule has 0 aromatic heterocycles. The molecule has 1 saturated heterocycles. The second kappa shape index (κ2) is 7.40. The van der Waals surface area contributed by atoms with Gasteiger partial charge in [0.1, 0.15) is 5.82 Å². The molecule has 0 spiro atoms. The largest absolute Gasteiger partial charge is 0.371 e. The molecular formula is C21H25N2P. The number of nitrogens with one attached hydrogen (secondary N) is 1. The molecule has 0 bridgehead atoms. The van der Waals surface area contributed by atoms with E-state index in [9.17, 15) is 0 Å². The molecule has 0 amide bonds. The number of fused-ring (bicyclic) bond motifs is 1. The van der Waals surface area contributed by atoms with Crippen LogP contribution >= 0.6 is 7.92 Å². The van der Waals surface area contributed by atoms with Crippen molar-refractivity contribution in [2.75, 3.05) is 19.6 Å². The van der Waals surface area contributed by atoms with Gasteiger partial charge in [-0.05, 0) is 44.2 Å². The normalized spacial score (nSPS) is 18.1. The summed E-state index contributed by atoms with van der Waals surface area (Å²) < 4.78 is 0. The molecule has 0 atom stereocenters. The maximum Gasteiger partial charge on any atom is 0.106 e. The third-order valence-electron chi connectivity index (χ3n) is 4.88. The molecule has 4 rings (SSSR count). The second-order valence-electron chi connectivity index (χ2n) is 6.53. The van der Waals surface area contributed by atoms with Crippen LogP contribution in [0.25, 0.3) is 0 Å². The minimum Gasteiger partial charge on any atom is -0.371 e. The summed E-state index contributed by atoms with van der Waals surface area (Å²) in [6.45, 7) is 3.53. The lowest BCUT2D eigenvalue weighted by atomic mass is 10.2. The molecule has 1 fully saturated rings. The van der Waals surface area contributed by atoms with E-state index in [1.807, 2.05) is 0 Å². The van der Waals surface area contributed by atoms with E-state index in [0.29, 0.717) is 0 Å². The first kappa shape index (κ1) is 15.7. The van der Waals surface area contributed by atoms with E-state index in [2.05, 4.69) is 70.9 Å².